The molecule has 0 aliphatic heterocycles. The van der Waals surface area contributed by atoms with E-state index < -0.39 is 23.2 Å². The molecule has 4 nitrogen and oxygen atoms in total. The van der Waals surface area contributed by atoms with E-state index in [9.17, 15) is 13.6 Å². The summed E-state index contributed by atoms with van der Waals surface area (Å²) in [5.41, 5.74) is -0.548. The van der Waals surface area contributed by atoms with Crippen LogP contribution in [0.4, 0.5) is 14.5 Å². The summed E-state index contributed by atoms with van der Waals surface area (Å²) < 4.78 is 27.2. The monoisotopic (exact) mass is 313 g/mol. The SMILES string of the molecule is O=C(Nc1c(F)cc(Br)cc1F)c1cnccn1. The number of hydrogen-bond donors (Lipinski definition) is 1. The lowest BCUT2D eigenvalue weighted by molar-refractivity contribution is 0.102. The van der Waals surface area contributed by atoms with Gasteiger partial charge >= 0.3 is 0 Å². The van der Waals surface area contributed by atoms with E-state index in [2.05, 4.69) is 31.2 Å². The maximum absolute atomic E-state index is 13.5. The Morgan fingerprint density at radius 3 is 2.44 bits per heavy atom. The number of nitrogens with one attached hydrogen (secondary N) is 1. The van der Waals surface area contributed by atoms with Crippen LogP contribution in [0.3, 0.4) is 0 Å². The Labute approximate surface area is 109 Å². The maximum Gasteiger partial charge on any atom is 0.276 e. The lowest BCUT2D eigenvalue weighted by Gasteiger charge is -2.07. The number of aromatic nitrogens is 2. The molecular formula is C11H6BrF2N3O. The Balaban J connectivity index is 2.28. The van der Waals surface area contributed by atoms with E-state index in [-0.39, 0.29) is 10.2 Å². The average Bonchev–Trinajstić information content (AvgIpc) is 2.34. The van der Waals surface area contributed by atoms with Crippen LogP contribution in [0, 0.1) is 11.6 Å². The van der Waals surface area contributed by atoms with Crippen LogP contribution in [0.2, 0.25) is 0 Å². The fourth-order valence-electron chi connectivity index (χ4n) is 1.26. The fraction of sp³-hybridized carbons (Fsp3) is 0. The van der Waals surface area contributed by atoms with Crippen molar-refractivity contribution in [2.75, 3.05) is 5.32 Å². The maximum atomic E-state index is 13.5. The highest BCUT2D eigenvalue weighted by Crippen LogP contribution is 2.24. The Morgan fingerprint density at radius 2 is 1.89 bits per heavy atom. The molecule has 1 amide bonds. The van der Waals surface area contributed by atoms with Gasteiger partial charge in [-0.05, 0) is 12.1 Å². The highest BCUT2D eigenvalue weighted by atomic mass is 79.9. The van der Waals surface area contributed by atoms with E-state index in [1.165, 1.54) is 18.6 Å². The van der Waals surface area contributed by atoms with E-state index in [0.29, 0.717) is 0 Å². The highest BCUT2D eigenvalue weighted by Gasteiger charge is 2.15. The van der Waals surface area contributed by atoms with E-state index in [1.54, 1.807) is 0 Å². The number of carbonyl (C=O) groups is 1. The molecule has 0 aliphatic rings. The van der Waals surface area contributed by atoms with E-state index in [4.69, 9.17) is 0 Å². The number of amides is 1. The van der Waals surface area contributed by atoms with Crippen LogP contribution in [0.5, 0.6) is 0 Å². The largest absolute Gasteiger partial charge is 0.316 e. The van der Waals surface area contributed by atoms with Crippen molar-refractivity contribution in [2.45, 2.75) is 0 Å². The van der Waals surface area contributed by atoms with Crippen molar-refractivity contribution in [2.24, 2.45) is 0 Å². The van der Waals surface area contributed by atoms with Crippen molar-refractivity contribution in [3.05, 3.63) is 52.5 Å². The molecule has 1 N–H and O–H groups in total. The number of carbonyl (C=O) groups excluding carboxylic acids is 1. The summed E-state index contributed by atoms with van der Waals surface area (Å²) in [5.74, 6) is -2.48. The van der Waals surface area contributed by atoms with Crippen LogP contribution < -0.4 is 5.32 Å². The number of benzene rings is 1. The van der Waals surface area contributed by atoms with Crippen molar-refractivity contribution >= 4 is 27.5 Å². The second kappa shape index (κ2) is 5.18. The van der Waals surface area contributed by atoms with Crippen LogP contribution in [-0.2, 0) is 0 Å². The minimum atomic E-state index is -0.876. The van der Waals surface area contributed by atoms with Gasteiger partial charge in [0, 0.05) is 16.9 Å². The van der Waals surface area contributed by atoms with Crippen LogP contribution in [0.15, 0.2) is 35.2 Å². The molecule has 0 spiro atoms. The van der Waals surface area contributed by atoms with Gasteiger partial charge in [0.1, 0.15) is 11.4 Å². The Kier molecular flexibility index (Phi) is 3.61. The van der Waals surface area contributed by atoms with E-state index in [1.807, 2.05) is 0 Å². The van der Waals surface area contributed by atoms with Crippen molar-refractivity contribution in [1.82, 2.24) is 9.97 Å². The quantitative estimate of drug-likeness (QED) is 0.927. The first-order valence-electron chi connectivity index (χ1n) is 4.80. The molecule has 7 heteroatoms. The first-order valence-corrected chi connectivity index (χ1v) is 5.59. The zero-order valence-electron chi connectivity index (χ0n) is 8.82. The fourth-order valence-corrected chi connectivity index (χ4v) is 1.66. The summed E-state index contributed by atoms with van der Waals surface area (Å²) in [7, 11) is 0. The second-order valence-electron chi connectivity index (χ2n) is 3.29. The minimum Gasteiger partial charge on any atom is -0.316 e. The molecule has 0 unspecified atom stereocenters. The van der Waals surface area contributed by atoms with Gasteiger partial charge in [-0.15, -0.1) is 0 Å². The third-order valence-electron chi connectivity index (χ3n) is 2.04. The molecule has 0 radical (unpaired) electrons. The van der Waals surface area contributed by atoms with Gasteiger partial charge in [-0.3, -0.25) is 9.78 Å². The predicted molar refractivity (Wildman–Crippen MR) is 64.0 cm³/mol. The third-order valence-corrected chi connectivity index (χ3v) is 2.50. The van der Waals surface area contributed by atoms with Gasteiger partial charge in [-0.1, -0.05) is 15.9 Å². The normalized spacial score (nSPS) is 10.2. The number of anilines is 1. The lowest BCUT2D eigenvalue weighted by atomic mass is 10.2. The summed E-state index contributed by atoms with van der Waals surface area (Å²) in [4.78, 5) is 19.1. The predicted octanol–water partition coefficient (Wildman–Crippen LogP) is 2.77. The molecule has 0 saturated carbocycles. The minimum absolute atomic E-state index is 0.0285. The summed E-state index contributed by atoms with van der Waals surface area (Å²) in [6.07, 6.45) is 3.89. The van der Waals surface area contributed by atoms with Crippen LogP contribution in [-0.4, -0.2) is 15.9 Å². The first-order chi connectivity index (χ1) is 8.58. The molecule has 2 aromatic rings. The molecule has 2 rings (SSSR count). The van der Waals surface area contributed by atoms with E-state index in [0.717, 1.165) is 12.1 Å². The van der Waals surface area contributed by atoms with Crippen molar-refractivity contribution in [1.29, 1.82) is 0 Å². The molecule has 0 saturated heterocycles. The third kappa shape index (κ3) is 2.67. The van der Waals surface area contributed by atoms with Gasteiger partial charge in [0.15, 0.2) is 11.6 Å². The van der Waals surface area contributed by atoms with Crippen molar-refractivity contribution in [3.63, 3.8) is 0 Å². The molecule has 1 aromatic carbocycles. The highest BCUT2D eigenvalue weighted by molar-refractivity contribution is 9.10. The lowest BCUT2D eigenvalue weighted by Crippen LogP contribution is -2.16. The molecule has 0 bridgehead atoms. The van der Waals surface area contributed by atoms with Gasteiger partial charge < -0.3 is 5.32 Å². The van der Waals surface area contributed by atoms with Crippen molar-refractivity contribution < 1.29 is 13.6 Å². The molecule has 18 heavy (non-hydrogen) atoms. The average molecular weight is 314 g/mol. The Morgan fingerprint density at radius 1 is 1.22 bits per heavy atom. The molecule has 92 valence electrons. The first kappa shape index (κ1) is 12.6. The second-order valence-corrected chi connectivity index (χ2v) is 4.20. The number of hydrogen-bond acceptors (Lipinski definition) is 3. The van der Waals surface area contributed by atoms with Gasteiger partial charge in [0.25, 0.3) is 5.91 Å². The summed E-state index contributed by atoms with van der Waals surface area (Å²) in [5, 5.41) is 2.11. The number of halogens is 3. The number of nitrogens with zero attached hydrogens (tertiary/aromatic N) is 2. The summed E-state index contributed by atoms with van der Waals surface area (Å²) in [6.45, 7) is 0. The molecule has 0 aliphatic carbocycles. The molecule has 0 atom stereocenters. The molecule has 1 aromatic heterocycles. The van der Waals surface area contributed by atoms with Crippen LogP contribution in [0.25, 0.3) is 0 Å². The summed E-state index contributed by atoms with van der Waals surface area (Å²) >= 11 is 2.94. The van der Waals surface area contributed by atoms with Gasteiger partial charge in [-0.25, -0.2) is 13.8 Å². The van der Waals surface area contributed by atoms with Crippen molar-refractivity contribution in [3.8, 4) is 0 Å². The molecule has 1 heterocycles. The number of rotatable bonds is 2. The van der Waals surface area contributed by atoms with Gasteiger partial charge in [-0.2, -0.15) is 0 Å². The molecular weight excluding hydrogens is 308 g/mol. The van der Waals surface area contributed by atoms with Crippen LogP contribution in [0.1, 0.15) is 10.5 Å². The zero-order valence-corrected chi connectivity index (χ0v) is 10.4. The van der Waals surface area contributed by atoms with Crippen LogP contribution >= 0.6 is 15.9 Å². The zero-order chi connectivity index (χ0) is 13.1. The van der Waals surface area contributed by atoms with Gasteiger partial charge in [0.05, 0.1) is 6.20 Å². The Hall–Kier alpha value is -1.89. The van der Waals surface area contributed by atoms with E-state index >= 15 is 0 Å². The molecule has 0 fully saturated rings. The van der Waals surface area contributed by atoms with Gasteiger partial charge in [0.2, 0.25) is 0 Å². The summed E-state index contributed by atoms with van der Waals surface area (Å²) in [6, 6.07) is 2.10. The smallest absolute Gasteiger partial charge is 0.276 e. The Bertz CT molecular complexity index is 569. The standard InChI is InChI=1S/C11H6BrF2N3O/c12-6-3-7(13)10(8(14)4-6)17-11(18)9-5-15-1-2-16-9/h1-5H,(H,17,18). The topological polar surface area (TPSA) is 54.9 Å².